The van der Waals surface area contributed by atoms with Gasteiger partial charge in [-0.05, 0) is 18.8 Å². The van der Waals surface area contributed by atoms with Crippen molar-refractivity contribution in [3.8, 4) is 0 Å². The molecular weight excluding hydrogens is 182 g/mol. The molecule has 78 valence electrons. The van der Waals surface area contributed by atoms with Crippen molar-refractivity contribution in [1.29, 1.82) is 0 Å². The molecule has 1 aliphatic heterocycles. The highest BCUT2D eigenvalue weighted by Gasteiger charge is 2.17. The molecule has 2 heterocycles. The normalized spacial score (nSPS) is 18.6. The van der Waals surface area contributed by atoms with Gasteiger partial charge >= 0.3 is 0 Å². The molecule has 2 rings (SSSR count). The van der Waals surface area contributed by atoms with E-state index in [2.05, 4.69) is 10.2 Å². The fourth-order valence-electron chi connectivity index (χ4n) is 1.65. The molecular formula is C9H15N3O2. The highest BCUT2D eigenvalue weighted by molar-refractivity contribution is 4.84. The van der Waals surface area contributed by atoms with Gasteiger partial charge in [0.25, 0.3) is 0 Å². The molecule has 0 spiro atoms. The molecule has 14 heavy (non-hydrogen) atoms. The molecule has 5 nitrogen and oxygen atoms in total. The Morgan fingerprint density at radius 1 is 1.21 bits per heavy atom. The zero-order valence-electron chi connectivity index (χ0n) is 8.11. The quantitative estimate of drug-likeness (QED) is 0.763. The van der Waals surface area contributed by atoms with Crippen molar-refractivity contribution in [3.05, 3.63) is 11.8 Å². The van der Waals surface area contributed by atoms with Crippen LogP contribution in [-0.2, 0) is 17.7 Å². The molecule has 1 aromatic rings. The number of aromatic nitrogens is 2. The summed E-state index contributed by atoms with van der Waals surface area (Å²) in [6.45, 7) is 2.02. The summed E-state index contributed by atoms with van der Waals surface area (Å²) in [6, 6.07) is 0. The van der Waals surface area contributed by atoms with Crippen LogP contribution >= 0.6 is 0 Å². The van der Waals surface area contributed by atoms with Crippen LogP contribution in [0.3, 0.4) is 0 Å². The van der Waals surface area contributed by atoms with Crippen molar-refractivity contribution >= 4 is 0 Å². The zero-order valence-corrected chi connectivity index (χ0v) is 8.11. The summed E-state index contributed by atoms with van der Waals surface area (Å²) in [5.74, 6) is 1.85. The van der Waals surface area contributed by atoms with Crippen LogP contribution in [0.2, 0.25) is 0 Å². The Morgan fingerprint density at radius 3 is 2.57 bits per heavy atom. The summed E-state index contributed by atoms with van der Waals surface area (Å²) in [5, 5.41) is 7.77. The lowest BCUT2D eigenvalue weighted by atomic mass is 9.97. The minimum absolute atomic E-state index is 0.320. The van der Waals surface area contributed by atoms with Crippen LogP contribution in [0.1, 0.15) is 24.6 Å². The van der Waals surface area contributed by atoms with Crippen LogP contribution in [0.25, 0.3) is 0 Å². The second kappa shape index (κ2) is 4.52. The first-order valence-electron chi connectivity index (χ1n) is 4.97. The highest BCUT2D eigenvalue weighted by atomic mass is 16.5. The average Bonchev–Trinajstić information content (AvgIpc) is 2.67. The number of nitrogens with two attached hydrogens (primary N) is 1. The van der Waals surface area contributed by atoms with Gasteiger partial charge in [0.15, 0.2) is 0 Å². The van der Waals surface area contributed by atoms with Crippen LogP contribution in [0.5, 0.6) is 0 Å². The van der Waals surface area contributed by atoms with E-state index in [9.17, 15) is 0 Å². The first-order chi connectivity index (χ1) is 6.88. The van der Waals surface area contributed by atoms with Crippen LogP contribution in [-0.4, -0.2) is 23.4 Å². The summed E-state index contributed by atoms with van der Waals surface area (Å²) < 4.78 is 10.6. The Balaban J connectivity index is 1.89. The van der Waals surface area contributed by atoms with E-state index >= 15 is 0 Å². The van der Waals surface area contributed by atoms with Crippen LogP contribution in [0.15, 0.2) is 4.42 Å². The lowest BCUT2D eigenvalue weighted by Crippen LogP contribution is -2.17. The predicted octanol–water partition coefficient (Wildman–Crippen LogP) is 0.497. The molecule has 0 unspecified atom stereocenters. The number of nitrogens with zero attached hydrogens (tertiary/aromatic N) is 2. The number of hydrogen-bond acceptors (Lipinski definition) is 5. The summed E-state index contributed by atoms with van der Waals surface area (Å²) in [7, 11) is 0. The monoisotopic (exact) mass is 197 g/mol. The standard InChI is InChI=1S/C9H15N3O2/c10-6-9-12-11-8(14-9)5-7-1-3-13-4-2-7/h7H,1-6,10H2. The molecule has 1 aliphatic rings. The van der Waals surface area contributed by atoms with Gasteiger partial charge < -0.3 is 14.9 Å². The summed E-state index contributed by atoms with van der Waals surface area (Å²) in [5.41, 5.74) is 5.38. The molecule has 1 saturated heterocycles. The molecule has 1 fully saturated rings. The molecule has 0 amide bonds. The molecule has 0 aromatic carbocycles. The first-order valence-corrected chi connectivity index (χ1v) is 4.97. The molecule has 0 aliphatic carbocycles. The number of ether oxygens (including phenoxy) is 1. The summed E-state index contributed by atoms with van der Waals surface area (Å²) in [6.07, 6.45) is 3.02. The van der Waals surface area contributed by atoms with Crippen molar-refractivity contribution in [2.75, 3.05) is 13.2 Å². The van der Waals surface area contributed by atoms with Gasteiger partial charge in [0.05, 0.1) is 6.54 Å². The van der Waals surface area contributed by atoms with E-state index < -0.39 is 0 Å². The largest absolute Gasteiger partial charge is 0.424 e. The van der Waals surface area contributed by atoms with E-state index in [1.807, 2.05) is 0 Å². The predicted molar refractivity (Wildman–Crippen MR) is 49.4 cm³/mol. The van der Waals surface area contributed by atoms with Gasteiger partial charge in [-0.2, -0.15) is 0 Å². The summed E-state index contributed by atoms with van der Waals surface area (Å²) >= 11 is 0. The van der Waals surface area contributed by atoms with Gasteiger partial charge in [0.1, 0.15) is 0 Å². The lowest BCUT2D eigenvalue weighted by molar-refractivity contribution is 0.0646. The maximum atomic E-state index is 5.38. The van der Waals surface area contributed by atoms with Crippen LogP contribution < -0.4 is 5.73 Å². The molecule has 0 radical (unpaired) electrons. The Bertz CT molecular complexity index is 281. The molecule has 2 N–H and O–H groups in total. The Labute approximate surface area is 82.6 Å². The number of rotatable bonds is 3. The minimum atomic E-state index is 0.320. The minimum Gasteiger partial charge on any atom is -0.424 e. The third-order valence-electron chi connectivity index (χ3n) is 2.49. The second-order valence-electron chi connectivity index (χ2n) is 3.55. The van der Waals surface area contributed by atoms with Crippen molar-refractivity contribution in [1.82, 2.24) is 10.2 Å². The molecule has 0 bridgehead atoms. The molecule has 1 aromatic heterocycles. The van der Waals surface area contributed by atoms with E-state index in [1.165, 1.54) is 0 Å². The smallest absolute Gasteiger partial charge is 0.230 e. The van der Waals surface area contributed by atoms with Crippen molar-refractivity contribution in [2.45, 2.75) is 25.8 Å². The van der Waals surface area contributed by atoms with Crippen molar-refractivity contribution in [3.63, 3.8) is 0 Å². The van der Waals surface area contributed by atoms with Gasteiger partial charge in [-0.3, -0.25) is 0 Å². The van der Waals surface area contributed by atoms with Crippen LogP contribution in [0.4, 0.5) is 0 Å². The fourth-order valence-corrected chi connectivity index (χ4v) is 1.65. The average molecular weight is 197 g/mol. The van der Waals surface area contributed by atoms with Gasteiger partial charge in [0, 0.05) is 19.6 Å². The van der Waals surface area contributed by atoms with E-state index in [0.717, 1.165) is 32.5 Å². The third kappa shape index (κ3) is 2.30. The van der Waals surface area contributed by atoms with Gasteiger partial charge in [-0.1, -0.05) is 0 Å². The van der Waals surface area contributed by atoms with Gasteiger partial charge in [0.2, 0.25) is 11.8 Å². The summed E-state index contributed by atoms with van der Waals surface area (Å²) in [4.78, 5) is 0. The first kappa shape index (κ1) is 9.61. The third-order valence-corrected chi connectivity index (χ3v) is 2.49. The number of hydrogen-bond donors (Lipinski definition) is 1. The van der Waals surface area contributed by atoms with Gasteiger partial charge in [-0.25, -0.2) is 0 Å². The zero-order chi connectivity index (χ0) is 9.80. The van der Waals surface area contributed by atoms with E-state index in [1.54, 1.807) is 0 Å². The van der Waals surface area contributed by atoms with Crippen molar-refractivity contribution < 1.29 is 9.15 Å². The van der Waals surface area contributed by atoms with E-state index in [0.29, 0.717) is 24.2 Å². The molecule has 0 atom stereocenters. The SMILES string of the molecule is NCc1nnc(CC2CCOCC2)o1. The van der Waals surface area contributed by atoms with E-state index in [4.69, 9.17) is 14.9 Å². The Kier molecular flexibility index (Phi) is 3.10. The topological polar surface area (TPSA) is 74.2 Å². The molecule has 0 saturated carbocycles. The maximum absolute atomic E-state index is 5.38. The Hall–Kier alpha value is -0.940. The molecule has 5 heteroatoms. The maximum Gasteiger partial charge on any atom is 0.230 e. The fraction of sp³-hybridized carbons (Fsp3) is 0.778. The lowest BCUT2D eigenvalue weighted by Gasteiger charge is -2.20. The van der Waals surface area contributed by atoms with Crippen LogP contribution in [0, 0.1) is 5.92 Å². The van der Waals surface area contributed by atoms with E-state index in [-0.39, 0.29) is 0 Å². The Morgan fingerprint density at radius 2 is 1.93 bits per heavy atom. The van der Waals surface area contributed by atoms with Crippen molar-refractivity contribution in [2.24, 2.45) is 11.7 Å². The van der Waals surface area contributed by atoms with Gasteiger partial charge in [-0.15, -0.1) is 10.2 Å². The highest BCUT2D eigenvalue weighted by Crippen LogP contribution is 2.19. The second-order valence-corrected chi connectivity index (χ2v) is 3.55.